The monoisotopic (exact) mass is 581 g/mol. The number of carbonyl (C=O) groups excluding carboxylic acids is 1. The van der Waals surface area contributed by atoms with Gasteiger partial charge < -0.3 is 9.80 Å². The van der Waals surface area contributed by atoms with E-state index in [-0.39, 0.29) is 22.8 Å². The summed E-state index contributed by atoms with van der Waals surface area (Å²) in [6.45, 7) is 9.01. The topological polar surface area (TPSA) is 72.6 Å². The van der Waals surface area contributed by atoms with Crippen molar-refractivity contribution in [1.29, 1.82) is 5.26 Å². The van der Waals surface area contributed by atoms with Gasteiger partial charge in [-0.15, -0.1) is 0 Å². The zero-order valence-electron chi connectivity index (χ0n) is 23.4. The molecule has 1 aromatic heterocycles. The van der Waals surface area contributed by atoms with Crippen molar-refractivity contribution in [2.24, 2.45) is 0 Å². The summed E-state index contributed by atoms with van der Waals surface area (Å²) in [6, 6.07) is 8.81. The maximum Gasteiger partial charge on any atom is 0.270 e. The molecule has 2 aliphatic heterocycles. The van der Waals surface area contributed by atoms with E-state index in [4.69, 9.17) is 12.2 Å². The van der Waals surface area contributed by atoms with Gasteiger partial charge in [-0.3, -0.25) is 19.1 Å². The first-order valence-electron chi connectivity index (χ1n) is 14.0. The van der Waals surface area contributed by atoms with Crippen molar-refractivity contribution in [3.05, 3.63) is 62.0 Å². The van der Waals surface area contributed by atoms with E-state index in [0.29, 0.717) is 71.1 Å². The number of hydrogen-bond acceptors (Lipinski definition) is 7. The highest BCUT2D eigenvalue weighted by molar-refractivity contribution is 8.26. The summed E-state index contributed by atoms with van der Waals surface area (Å²) in [7, 11) is 0. The van der Waals surface area contributed by atoms with E-state index in [0.717, 1.165) is 25.7 Å². The molecule has 4 rings (SSSR count). The standard InChI is InChI=1S/C30H36FN5O2S2/c1-4-6-7-8-11-14-36-29(38)26(40-30(36)39)19-22-21(3)23(20-32)28(37)35(5-2)27(22)34-17-15-33(16-18-34)25-13-10-9-12-24(25)31/h9-10,12-13,19H,4-8,11,14-18H2,1-3H3. The van der Waals surface area contributed by atoms with Gasteiger partial charge in [-0.1, -0.05) is 68.7 Å². The summed E-state index contributed by atoms with van der Waals surface area (Å²) in [5, 5.41) is 9.85. The Morgan fingerprint density at radius 2 is 1.73 bits per heavy atom. The van der Waals surface area contributed by atoms with Crippen molar-refractivity contribution in [3.63, 3.8) is 0 Å². The van der Waals surface area contributed by atoms with Crippen LogP contribution < -0.4 is 15.4 Å². The average molecular weight is 582 g/mol. The molecule has 2 saturated heterocycles. The second-order valence-electron chi connectivity index (χ2n) is 10.1. The third-order valence-electron chi connectivity index (χ3n) is 7.57. The fraction of sp³-hybridized carbons (Fsp3) is 0.467. The molecule has 0 saturated carbocycles. The zero-order chi connectivity index (χ0) is 28.8. The van der Waals surface area contributed by atoms with Gasteiger partial charge in [0.15, 0.2) is 0 Å². The third kappa shape index (κ3) is 6.11. The van der Waals surface area contributed by atoms with Crippen molar-refractivity contribution in [2.75, 3.05) is 42.5 Å². The number of thiocarbonyl (C=S) groups is 1. The highest BCUT2D eigenvalue weighted by Crippen LogP contribution is 2.36. The molecular weight excluding hydrogens is 545 g/mol. The van der Waals surface area contributed by atoms with Gasteiger partial charge in [0.25, 0.3) is 11.5 Å². The van der Waals surface area contributed by atoms with E-state index in [2.05, 4.69) is 17.9 Å². The summed E-state index contributed by atoms with van der Waals surface area (Å²) >= 11 is 6.83. The molecule has 0 radical (unpaired) electrons. The second-order valence-corrected chi connectivity index (χ2v) is 11.7. The molecule has 0 N–H and O–H groups in total. The maximum atomic E-state index is 14.4. The van der Waals surface area contributed by atoms with Crippen LogP contribution in [0.25, 0.3) is 6.08 Å². The largest absolute Gasteiger partial charge is 0.366 e. The number of nitrogens with zero attached hydrogens (tertiary/aromatic N) is 5. The molecule has 0 unspecified atom stereocenters. The molecule has 1 amide bonds. The molecule has 2 aromatic rings. The highest BCUT2D eigenvalue weighted by Gasteiger charge is 2.33. The van der Waals surface area contributed by atoms with Crippen LogP contribution in [-0.2, 0) is 11.3 Å². The summed E-state index contributed by atoms with van der Waals surface area (Å²) in [6.07, 6.45) is 7.24. The Kier molecular flexibility index (Phi) is 10.0. The first-order valence-corrected chi connectivity index (χ1v) is 15.2. The number of aromatic nitrogens is 1. The number of pyridine rings is 1. The van der Waals surface area contributed by atoms with Gasteiger partial charge in [0, 0.05) is 44.8 Å². The lowest BCUT2D eigenvalue weighted by atomic mass is 10.0. The van der Waals surface area contributed by atoms with Crippen LogP contribution >= 0.6 is 24.0 Å². The third-order valence-corrected chi connectivity index (χ3v) is 8.95. The van der Waals surface area contributed by atoms with Crippen LogP contribution in [0.5, 0.6) is 0 Å². The Bertz CT molecular complexity index is 1410. The highest BCUT2D eigenvalue weighted by atomic mass is 32.2. The maximum absolute atomic E-state index is 14.4. The van der Waals surface area contributed by atoms with E-state index < -0.39 is 0 Å². The Morgan fingerprint density at radius 3 is 2.38 bits per heavy atom. The molecule has 0 atom stereocenters. The van der Waals surface area contributed by atoms with Gasteiger partial charge in [0.2, 0.25) is 0 Å². The van der Waals surface area contributed by atoms with Crippen LogP contribution in [0.4, 0.5) is 15.9 Å². The fourth-order valence-electron chi connectivity index (χ4n) is 5.34. The van der Waals surface area contributed by atoms with Crippen molar-refractivity contribution in [2.45, 2.75) is 59.4 Å². The molecule has 0 spiro atoms. The molecule has 0 bridgehead atoms. The molecular formula is C30H36FN5O2S2. The Balaban J connectivity index is 1.67. The minimum atomic E-state index is -0.342. The number of nitriles is 1. The molecule has 3 heterocycles. The van der Waals surface area contributed by atoms with E-state index in [9.17, 15) is 19.2 Å². The lowest BCUT2D eigenvalue weighted by Crippen LogP contribution is -2.49. The van der Waals surface area contributed by atoms with Gasteiger partial charge >= 0.3 is 0 Å². The first kappa shape index (κ1) is 29.8. The number of amides is 1. The molecule has 1 aromatic carbocycles. The summed E-state index contributed by atoms with van der Waals surface area (Å²) in [4.78, 5) is 33.0. The van der Waals surface area contributed by atoms with E-state index in [1.807, 2.05) is 17.9 Å². The fourth-order valence-corrected chi connectivity index (χ4v) is 6.63. The Morgan fingerprint density at radius 1 is 1.05 bits per heavy atom. The quantitative estimate of drug-likeness (QED) is 0.203. The second kappa shape index (κ2) is 13.5. The number of hydrogen-bond donors (Lipinski definition) is 0. The summed E-state index contributed by atoms with van der Waals surface area (Å²) < 4.78 is 16.6. The lowest BCUT2D eigenvalue weighted by Gasteiger charge is -2.39. The average Bonchev–Trinajstić information content (AvgIpc) is 3.22. The summed E-state index contributed by atoms with van der Waals surface area (Å²) in [5.41, 5.74) is 1.53. The molecule has 0 aliphatic carbocycles. The van der Waals surface area contributed by atoms with Crippen LogP contribution in [-0.4, -0.2) is 52.4 Å². The van der Waals surface area contributed by atoms with E-state index >= 15 is 0 Å². The lowest BCUT2D eigenvalue weighted by molar-refractivity contribution is -0.122. The van der Waals surface area contributed by atoms with Crippen LogP contribution in [0.3, 0.4) is 0 Å². The van der Waals surface area contributed by atoms with Crippen LogP contribution in [0.15, 0.2) is 34.0 Å². The van der Waals surface area contributed by atoms with Gasteiger partial charge in [0.1, 0.15) is 27.6 Å². The number of thioether (sulfide) groups is 1. The van der Waals surface area contributed by atoms with Gasteiger partial charge in [0.05, 0.1) is 10.6 Å². The predicted octanol–water partition coefficient (Wildman–Crippen LogP) is 5.69. The van der Waals surface area contributed by atoms with Crippen molar-refractivity contribution >= 4 is 51.8 Å². The van der Waals surface area contributed by atoms with Crippen molar-refractivity contribution < 1.29 is 9.18 Å². The van der Waals surface area contributed by atoms with Gasteiger partial charge in [-0.25, -0.2) is 4.39 Å². The first-order chi connectivity index (χ1) is 19.3. The van der Waals surface area contributed by atoms with Gasteiger partial charge in [-0.2, -0.15) is 5.26 Å². The SMILES string of the molecule is CCCCCCCN1C(=O)C(=Cc2c(C)c(C#N)c(=O)n(CC)c2N2CCN(c3ccccc3F)CC2)SC1=S. The van der Waals surface area contributed by atoms with Crippen molar-refractivity contribution in [3.8, 4) is 6.07 Å². The predicted molar refractivity (Wildman–Crippen MR) is 165 cm³/mol. The number of rotatable bonds is 10. The number of para-hydroxylation sites is 1. The smallest absolute Gasteiger partial charge is 0.270 e. The number of halogens is 1. The molecule has 2 fully saturated rings. The van der Waals surface area contributed by atoms with Crippen LogP contribution in [0, 0.1) is 24.1 Å². The number of piperazine rings is 1. The van der Waals surface area contributed by atoms with Crippen molar-refractivity contribution in [1.82, 2.24) is 9.47 Å². The Hall–Kier alpha value is -3.16. The molecule has 40 heavy (non-hydrogen) atoms. The van der Waals surface area contributed by atoms with E-state index in [1.54, 1.807) is 34.6 Å². The van der Waals surface area contributed by atoms with Crippen LogP contribution in [0.2, 0.25) is 0 Å². The number of unbranched alkanes of at least 4 members (excludes halogenated alkanes) is 4. The minimum Gasteiger partial charge on any atom is -0.366 e. The Labute approximate surface area is 245 Å². The number of benzene rings is 1. The van der Waals surface area contributed by atoms with Gasteiger partial charge in [-0.05, 0) is 44.0 Å². The number of carbonyl (C=O) groups is 1. The molecule has 212 valence electrons. The van der Waals surface area contributed by atoms with Crippen LogP contribution in [0.1, 0.15) is 62.6 Å². The van der Waals surface area contributed by atoms with E-state index in [1.165, 1.54) is 24.2 Å². The molecule has 2 aliphatic rings. The molecule has 10 heteroatoms. The normalized spacial score (nSPS) is 16.8. The minimum absolute atomic E-state index is 0.0771. The molecule has 7 nitrogen and oxygen atoms in total. The summed E-state index contributed by atoms with van der Waals surface area (Å²) in [5.74, 6) is 0.290. The number of anilines is 2. The zero-order valence-corrected chi connectivity index (χ0v) is 25.0.